The fraction of sp³-hybridized carbons (Fsp3) is 0.368. The van der Waals surface area contributed by atoms with Crippen LogP contribution in [0.4, 0.5) is 0 Å². The zero-order valence-corrected chi connectivity index (χ0v) is 13.1. The topological polar surface area (TPSA) is 32.3 Å². The molecule has 0 aromatic heterocycles. The van der Waals surface area contributed by atoms with E-state index in [4.69, 9.17) is 0 Å². The SMILES string of the molecule is CC(C)c1ccc(CNC(C)C(O)c2ccccc2)cc1. The van der Waals surface area contributed by atoms with Crippen molar-refractivity contribution in [3.63, 3.8) is 0 Å². The number of rotatable bonds is 6. The van der Waals surface area contributed by atoms with Gasteiger partial charge in [0.2, 0.25) is 0 Å². The lowest BCUT2D eigenvalue weighted by Gasteiger charge is -2.21. The molecule has 0 aliphatic heterocycles. The number of aliphatic hydroxyl groups is 1. The van der Waals surface area contributed by atoms with Crippen molar-refractivity contribution >= 4 is 0 Å². The molecule has 2 aromatic carbocycles. The highest BCUT2D eigenvalue weighted by Crippen LogP contribution is 2.17. The summed E-state index contributed by atoms with van der Waals surface area (Å²) in [5.41, 5.74) is 3.55. The number of aliphatic hydroxyl groups excluding tert-OH is 1. The summed E-state index contributed by atoms with van der Waals surface area (Å²) in [5.74, 6) is 0.561. The second-order valence-corrected chi connectivity index (χ2v) is 5.92. The van der Waals surface area contributed by atoms with Gasteiger partial charge in [0.1, 0.15) is 0 Å². The molecule has 21 heavy (non-hydrogen) atoms. The Labute approximate surface area is 127 Å². The van der Waals surface area contributed by atoms with Crippen LogP contribution in [0.1, 0.15) is 49.5 Å². The maximum absolute atomic E-state index is 10.3. The van der Waals surface area contributed by atoms with Gasteiger partial charge in [0, 0.05) is 12.6 Å². The number of benzene rings is 2. The van der Waals surface area contributed by atoms with Crippen LogP contribution >= 0.6 is 0 Å². The van der Waals surface area contributed by atoms with E-state index in [1.54, 1.807) is 0 Å². The first-order valence-electron chi connectivity index (χ1n) is 7.63. The van der Waals surface area contributed by atoms with Crippen LogP contribution in [0.3, 0.4) is 0 Å². The molecule has 2 heteroatoms. The summed E-state index contributed by atoms with van der Waals surface area (Å²) in [4.78, 5) is 0. The molecular weight excluding hydrogens is 258 g/mol. The third kappa shape index (κ3) is 4.42. The minimum absolute atomic E-state index is 0.0113. The Bertz CT molecular complexity index is 533. The van der Waals surface area contributed by atoms with Crippen LogP contribution in [0.15, 0.2) is 54.6 Å². The summed E-state index contributed by atoms with van der Waals surface area (Å²) >= 11 is 0. The molecule has 0 saturated heterocycles. The van der Waals surface area contributed by atoms with Crippen LogP contribution < -0.4 is 5.32 Å². The van der Waals surface area contributed by atoms with E-state index in [2.05, 4.69) is 43.4 Å². The monoisotopic (exact) mass is 283 g/mol. The van der Waals surface area contributed by atoms with Crippen LogP contribution in [-0.2, 0) is 6.54 Å². The molecule has 2 nitrogen and oxygen atoms in total. The van der Waals surface area contributed by atoms with Crippen molar-refractivity contribution in [2.75, 3.05) is 0 Å². The first-order chi connectivity index (χ1) is 10.1. The minimum atomic E-state index is -0.485. The minimum Gasteiger partial charge on any atom is -0.387 e. The van der Waals surface area contributed by atoms with E-state index in [1.165, 1.54) is 11.1 Å². The van der Waals surface area contributed by atoms with Crippen molar-refractivity contribution in [3.8, 4) is 0 Å². The van der Waals surface area contributed by atoms with Gasteiger partial charge in [-0.25, -0.2) is 0 Å². The number of hydrogen-bond acceptors (Lipinski definition) is 2. The Hall–Kier alpha value is -1.64. The maximum atomic E-state index is 10.3. The molecule has 0 saturated carbocycles. The van der Waals surface area contributed by atoms with Crippen LogP contribution in [0.25, 0.3) is 0 Å². The lowest BCUT2D eigenvalue weighted by Crippen LogP contribution is -2.31. The Balaban J connectivity index is 1.90. The molecule has 0 aliphatic rings. The summed E-state index contributed by atoms with van der Waals surface area (Å²) in [6.07, 6.45) is -0.485. The molecule has 0 bridgehead atoms. The Morgan fingerprint density at radius 3 is 2.05 bits per heavy atom. The Kier molecular flexibility index (Phi) is 5.54. The van der Waals surface area contributed by atoms with Crippen LogP contribution in [0, 0.1) is 0 Å². The smallest absolute Gasteiger partial charge is 0.0940 e. The van der Waals surface area contributed by atoms with Crippen molar-refractivity contribution in [1.29, 1.82) is 0 Å². The number of nitrogens with one attached hydrogen (secondary N) is 1. The van der Waals surface area contributed by atoms with E-state index in [0.29, 0.717) is 5.92 Å². The molecule has 0 amide bonds. The molecule has 0 radical (unpaired) electrons. The highest BCUT2D eigenvalue weighted by molar-refractivity contribution is 5.25. The highest BCUT2D eigenvalue weighted by atomic mass is 16.3. The number of hydrogen-bond donors (Lipinski definition) is 2. The maximum Gasteiger partial charge on any atom is 0.0940 e. The molecule has 0 heterocycles. The molecule has 0 aliphatic carbocycles. The summed E-state index contributed by atoms with van der Waals surface area (Å²) in [6, 6.07) is 18.5. The second-order valence-electron chi connectivity index (χ2n) is 5.92. The summed E-state index contributed by atoms with van der Waals surface area (Å²) < 4.78 is 0. The third-order valence-corrected chi connectivity index (χ3v) is 3.89. The van der Waals surface area contributed by atoms with Gasteiger partial charge in [-0.15, -0.1) is 0 Å². The van der Waals surface area contributed by atoms with E-state index in [1.807, 2.05) is 37.3 Å². The fourth-order valence-corrected chi connectivity index (χ4v) is 2.35. The average molecular weight is 283 g/mol. The molecule has 2 unspecified atom stereocenters. The van der Waals surface area contributed by atoms with Gasteiger partial charge < -0.3 is 10.4 Å². The second kappa shape index (κ2) is 7.39. The predicted octanol–water partition coefficient (Wildman–Crippen LogP) is 4.02. The van der Waals surface area contributed by atoms with Crippen molar-refractivity contribution in [1.82, 2.24) is 5.32 Å². The molecule has 112 valence electrons. The van der Waals surface area contributed by atoms with Gasteiger partial charge in [-0.3, -0.25) is 0 Å². The Morgan fingerprint density at radius 1 is 0.857 bits per heavy atom. The lowest BCUT2D eigenvalue weighted by atomic mass is 10.0. The van der Waals surface area contributed by atoms with Crippen molar-refractivity contribution in [3.05, 3.63) is 71.3 Å². The normalized spacial score (nSPS) is 14.1. The van der Waals surface area contributed by atoms with E-state index in [0.717, 1.165) is 12.1 Å². The van der Waals surface area contributed by atoms with Crippen molar-refractivity contribution in [2.45, 2.75) is 45.4 Å². The first-order valence-corrected chi connectivity index (χ1v) is 7.63. The molecule has 2 N–H and O–H groups in total. The molecular formula is C19H25NO. The van der Waals surface area contributed by atoms with Gasteiger partial charge >= 0.3 is 0 Å². The average Bonchev–Trinajstić information content (AvgIpc) is 2.53. The summed E-state index contributed by atoms with van der Waals surface area (Å²) in [5, 5.41) is 13.7. The Morgan fingerprint density at radius 2 is 1.48 bits per heavy atom. The summed E-state index contributed by atoms with van der Waals surface area (Å²) in [7, 11) is 0. The van der Waals surface area contributed by atoms with Crippen LogP contribution in [0.5, 0.6) is 0 Å². The van der Waals surface area contributed by atoms with Crippen LogP contribution in [-0.4, -0.2) is 11.1 Å². The van der Waals surface area contributed by atoms with Crippen molar-refractivity contribution < 1.29 is 5.11 Å². The predicted molar refractivity (Wildman–Crippen MR) is 88.2 cm³/mol. The zero-order valence-electron chi connectivity index (χ0n) is 13.1. The van der Waals surface area contributed by atoms with Gasteiger partial charge in [0.05, 0.1) is 6.10 Å². The van der Waals surface area contributed by atoms with E-state index in [-0.39, 0.29) is 6.04 Å². The molecule has 2 aromatic rings. The first kappa shape index (κ1) is 15.7. The summed E-state index contributed by atoms with van der Waals surface area (Å²) in [6.45, 7) is 7.18. The van der Waals surface area contributed by atoms with Gasteiger partial charge in [-0.2, -0.15) is 0 Å². The quantitative estimate of drug-likeness (QED) is 0.839. The largest absolute Gasteiger partial charge is 0.387 e. The van der Waals surface area contributed by atoms with E-state index < -0.39 is 6.10 Å². The highest BCUT2D eigenvalue weighted by Gasteiger charge is 2.15. The molecule has 0 fully saturated rings. The zero-order chi connectivity index (χ0) is 15.2. The van der Waals surface area contributed by atoms with Crippen molar-refractivity contribution in [2.24, 2.45) is 0 Å². The van der Waals surface area contributed by atoms with Gasteiger partial charge in [0.15, 0.2) is 0 Å². The molecule has 0 spiro atoms. The van der Waals surface area contributed by atoms with Gasteiger partial charge in [-0.1, -0.05) is 68.4 Å². The molecule has 2 atom stereocenters. The fourth-order valence-electron chi connectivity index (χ4n) is 2.35. The van der Waals surface area contributed by atoms with E-state index >= 15 is 0 Å². The van der Waals surface area contributed by atoms with E-state index in [9.17, 15) is 5.11 Å². The standard InChI is InChI=1S/C19H25NO/c1-14(2)17-11-9-16(10-12-17)13-20-15(3)19(21)18-7-5-4-6-8-18/h4-12,14-15,19-21H,13H2,1-3H3. The third-order valence-electron chi connectivity index (χ3n) is 3.89. The lowest BCUT2D eigenvalue weighted by molar-refractivity contribution is 0.135. The van der Waals surface area contributed by atoms with Gasteiger partial charge in [-0.05, 0) is 29.5 Å². The van der Waals surface area contributed by atoms with Crippen LogP contribution in [0.2, 0.25) is 0 Å². The molecule has 2 rings (SSSR count). The van der Waals surface area contributed by atoms with Gasteiger partial charge in [0.25, 0.3) is 0 Å².